The molecule has 0 aromatic heterocycles. The number of methoxy groups -OCH3 is 1. The van der Waals surface area contributed by atoms with Crippen LogP contribution in [0.4, 0.5) is 4.39 Å². The first kappa shape index (κ1) is 13.4. The molecule has 0 heterocycles. The van der Waals surface area contributed by atoms with Crippen molar-refractivity contribution in [2.75, 3.05) is 7.11 Å². The van der Waals surface area contributed by atoms with Crippen LogP contribution in [0, 0.1) is 5.82 Å². The number of hydrogen-bond acceptors (Lipinski definition) is 2. The van der Waals surface area contributed by atoms with Gasteiger partial charge in [0.1, 0.15) is 11.6 Å². The van der Waals surface area contributed by atoms with Gasteiger partial charge in [-0.15, -0.1) is 11.8 Å². The van der Waals surface area contributed by atoms with Crippen LogP contribution < -0.4 is 4.74 Å². The highest BCUT2D eigenvalue weighted by Gasteiger charge is 2.04. The van der Waals surface area contributed by atoms with Crippen molar-refractivity contribution in [2.24, 2.45) is 0 Å². The minimum absolute atomic E-state index is 0.209. The molecule has 0 bridgehead atoms. The van der Waals surface area contributed by atoms with E-state index in [9.17, 15) is 4.39 Å². The lowest BCUT2D eigenvalue weighted by Gasteiger charge is -2.08. The first-order valence-electron chi connectivity index (χ1n) is 5.40. The molecule has 0 aliphatic heterocycles. The Bertz CT molecular complexity index is 528. The topological polar surface area (TPSA) is 9.23 Å². The Balaban J connectivity index is 2.09. The zero-order valence-corrected chi connectivity index (χ0v) is 12.2. The lowest BCUT2D eigenvalue weighted by molar-refractivity contribution is 0.411. The van der Waals surface area contributed by atoms with E-state index in [1.54, 1.807) is 31.0 Å². The van der Waals surface area contributed by atoms with E-state index in [1.807, 2.05) is 18.2 Å². The van der Waals surface area contributed by atoms with Gasteiger partial charge in [0, 0.05) is 20.7 Å². The van der Waals surface area contributed by atoms with E-state index in [1.165, 1.54) is 12.1 Å². The maximum atomic E-state index is 12.8. The Labute approximate surface area is 118 Å². The molecule has 1 nitrogen and oxygen atoms in total. The van der Waals surface area contributed by atoms with Crippen LogP contribution in [0.15, 0.2) is 51.8 Å². The SMILES string of the molecule is COc1ccc(Br)cc1CSc1ccc(F)cc1. The average molecular weight is 327 g/mol. The minimum atomic E-state index is -0.209. The summed E-state index contributed by atoms with van der Waals surface area (Å²) in [5.41, 5.74) is 1.11. The van der Waals surface area contributed by atoms with Crippen molar-refractivity contribution in [1.29, 1.82) is 0 Å². The second kappa shape index (κ2) is 6.25. The van der Waals surface area contributed by atoms with Crippen LogP contribution in [0.25, 0.3) is 0 Å². The lowest BCUT2D eigenvalue weighted by Crippen LogP contribution is -1.90. The predicted octanol–water partition coefficient (Wildman–Crippen LogP) is 4.89. The summed E-state index contributed by atoms with van der Waals surface area (Å²) in [5.74, 6) is 1.45. The molecule has 0 saturated carbocycles. The molecule has 0 radical (unpaired) electrons. The third-order valence-electron chi connectivity index (χ3n) is 2.45. The van der Waals surface area contributed by atoms with Gasteiger partial charge in [-0.3, -0.25) is 0 Å². The molecule has 2 aromatic carbocycles. The van der Waals surface area contributed by atoms with Crippen molar-refractivity contribution < 1.29 is 9.13 Å². The second-order valence-electron chi connectivity index (χ2n) is 3.70. The number of ether oxygens (including phenoxy) is 1. The van der Waals surface area contributed by atoms with Gasteiger partial charge >= 0.3 is 0 Å². The minimum Gasteiger partial charge on any atom is -0.496 e. The first-order chi connectivity index (χ1) is 8.69. The Hall–Kier alpha value is -1.00. The molecule has 0 fully saturated rings. The van der Waals surface area contributed by atoms with Crippen LogP contribution in [-0.4, -0.2) is 7.11 Å². The van der Waals surface area contributed by atoms with Gasteiger partial charge in [-0.05, 0) is 42.5 Å². The van der Waals surface area contributed by atoms with Crippen LogP contribution in [0.1, 0.15) is 5.56 Å². The predicted molar refractivity (Wildman–Crippen MR) is 76.7 cm³/mol. The number of benzene rings is 2. The quantitative estimate of drug-likeness (QED) is 0.740. The molecular formula is C14H12BrFOS. The van der Waals surface area contributed by atoms with Crippen molar-refractivity contribution >= 4 is 27.7 Å². The van der Waals surface area contributed by atoms with E-state index in [4.69, 9.17) is 4.74 Å². The van der Waals surface area contributed by atoms with Crippen molar-refractivity contribution in [3.05, 3.63) is 58.3 Å². The molecule has 4 heteroatoms. The molecule has 18 heavy (non-hydrogen) atoms. The fourth-order valence-electron chi connectivity index (χ4n) is 1.55. The van der Waals surface area contributed by atoms with Gasteiger partial charge in [0.25, 0.3) is 0 Å². The molecule has 0 N–H and O–H groups in total. The van der Waals surface area contributed by atoms with E-state index in [2.05, 4.69) is 15.9 Å². The lowest BCUT2D eigenvalue weighted by atomic mass is 10.2. The smallest absolute Gasteiger partial charge is 0.123 e. The molecule has 0 atom stereocenters. The number of halogens is 2. The molecule has 94 valence electrons. The largest absolute Gasteiger partial charge is 0.496 e. The number of hydrogen-bond donors (Lipinski definition) is 0. The van der Waals surface area contributed by atoms with E-state index < -0.39 is 0 Å². The second-order valence-corrected chi connectivity index (χ2v) is 5.66. The molecule has 0 unspecified atom stereocenters. The van der Waals surface area contributed by atoms with Crippen molar-refractivity contribution in [1.82, 2.24) is 0 Å². The van der Waals surface area contributed by atoms with Gasteiger partial charge in [0.2, 0.25) is 0 Å². The van der Waals surface area contributed by atoms with Crippen LogP contribution in [0.5, 0.6) is 5.75 Å². The molecular weight excluding hydrogens is 315 g/mol. The standard InChI is InChI=1S/C14H12BrFOS/c1-17-14-7-2-11(15)8-10(14)9-18-13-5-3-12(16)4-6-13/h2-8H,9H2,1H3. The molecule has 2 rings (SSSR count). The Kier molecular flexibility index (Phi) is 4.66. The summed E-state index contributed by atoms with van der Waals surface area (Å²) in [4.78, 5) is 1.04. The highest BCUT2D eigenvalue weighted by molar-refractivity contribution is 9.10. The number of thioether (sulfide) groups is 1. The van der Waals surface area contributed by atoms with Gasteiger partial charge in [-0.1, -0.05) is 15.9 Å². The zero-order valence-electron chi connectivity index (χ0n) is 9.82. The van der Waals surface area contributed by atoms with Crippen LogP contribution in [-0.2, 0) is 5.75 Å². The fraction of sp³-hybridized carbons (Fsp3) is 0.143. The van der Waals surface area contributed by atoms with Gasteiger partial charge in [0.15, 0.2) is 0 Å². The average Bonchev–Trinajstić information content (AvgIpc) is 2.38. The molecule has 0 spiro atoms. The van der Waals surface area contributed by atoms with Crippen molar-refractivity contribution in [2.45, 2.75) is 10.6 Å². The molecule has 0 aliphatic rings. The summed E-state index contributed by atoms with van der Waals surface area (Å²) in [7, 11) is 1.66. The zero-order chi connectivity index (χ0) is 13.0. The first-order valence-corrected chi connectivity index (χ1v) is 7.17. The molecule has 0 aliphatic carbocycles. The van der Waals surface area contributed by atoms with Crippen LogP contribution in [0.2, 0.25) is 0 Å². The van der Waals surface area contributed by atoms with Crippen LogP contribution in [0.3, 0.4) is 0 Å². The molecule has 0 saturated heterocycles. The summed E-state index contributed by atoms with van der Waals surface area (Å²) in [6, 6.07) is 12.4. The Morgan fingerprint density at radius 2 is 1.89 bits per heavy atom. The summed E-state index contributed by atoms with van der Waals surface area (Å²) in [6.07, 6.45) is 0. The Morgan fingerprint density at radius 1 is 1.17 bits per heavy atom. The summed E-state index contributed by atoms with van der Waals surface area (Å²) < 4.78 is 19.1. The third-order valence-corrected chi connectivity index (χ3v) is 4.00. The maximum absolute atomic E-state index is 12.8. The van der Waals surface area contributed by atoms with Gasteiger partial charge in [-0.2, -0.15) is 0 Å². The number of rotatable bonds is 4. The normalized spacial score (nSPS) is 10.4. The molecule has 0 amide bonds. The van der Waals surface area contributed by atoms with E-state index in [0.717, 1.165) is 26.4 Å². The fourth-order valence-corrected chi connectivity index (χ4v) is 2.84. The van der Waals surface area contributed by atoms with E-state index >= 15 is 0 Å². The summed E-state index contributed by atoms with van der Waals surface area (Å²) in [5, 5.41) is 0. The monoisotopic (exact) mass is 326 g/mol. The highest BCUT2D eigenvalue weighted by Crippen LogP contribution is 2.30. The van der Waals surface area contributed by atoms with Crippen LogP contribution >= 0.6 is 27.7 Å². The maximum Gasteiger partial charge on any atom is 0.123 e. The van der Waals surface area contributed by atoms with Crippen molar-refractivity contribution in [3.8, 4) is 5.75 Å². The van der Waals surface area contributed by atoms with E-state index in [-0.39, 0.29) is 5.82 Å². The van der Waals surface area contributed by atoms with Gasteiger partial charge < -0.3 is 4.74 Å². The van der Waals surface area contributed by atoms with Gasteiger partial charge in [0.05, 0.1) is 7.11 Å². The third kappa shape index (κ3) is 3.50. The highest BCUT2D eigenvalue weighted by atomic mass is 79.9. The Morgan fingerprint density at radius 3 is 2.56 bits per heavy atom. The summed E-state index contributed by atoms with van der Waals surface area (Å²) >= 11 is 5.10. The molecule has 2 aromatic rings. The van der Waals surface area contributed by atoms with Crippen molar-refractivity contribution in [3.63, 3.8) is 0 Å². The van der Waals surface area contributed by atoms with E-state index in [0.29, 0.717) is 0 Å². The van der Waals surface area contributed by atoms with Gasteiger partial charge in [-0.25, -0.2) is 4.39 Å². The summed E-state index contributed by atoms with van der Waals surface area (Å²) in [6.45, 7) is 0.